The Morgan fingerprint density at radius 3 is 2.64 bits per heavy atom. The van der Waals surface area contributed by atoms with Crippen LogP contribution in [-0.2, 0) is 0 Å². The summed E-state index contributed by atoms with van der Waals surface area (Å²) in [5.41, 5.74) is 0.834. The van der Waals surface area contributed by atoms with Crippen molar-refractivity contribution < 1.29 is 5.21 Å². The molecule has 0 rings (SSSR count). The van der Waals surface area contributed by atoms with Gasteiger partial charge in [0.2, 0.25) is 0 Å². The highest BCUT2D eigenvalue weighted by atomic mass is 16.4. The highest BCUT2D eigenvalue weighted by molar-refractivity contribution is 5.85. The van der Waals surface area contributed by atoms with Gasteiger partial charge >= 0.3 is 0 Å². The fourth-order valence-electron chi connectivity index (χ4n) is 0.826. The molecule has 0 aromatic heterocycles. The minimum Gasteiger partial charge on any atom is -0.411 e. The Hall–Kier alpha value is -0.970. The fraction of sp³-hybridized carbons (Fsp3) is 0.667. The summed E-state index contributed by atoms with van der Waals surface area (Å²) in [5.74, 6) is 2.87. The molecule has 0 fully saturated rings. The molecule has 0 amide bonds. The Kier molecular flexibility index (Phi) is 5.28. The Morgan fingerprint density at radius 1 is 1.64 bits per heavy atom. The molecule has 0 aliphatic carbocycles. The average Bonchev–Trinajstić information content (AvgIpc) is 1.97. The van der Waals surface area contributed by atoms with Crippen molar-refractivity contribution >= 4 is 5.71 Å². The Bertz CT molecular complexity index is 165. The number of nitrogens with zero attached hydrogens (tertiary/aromatic N) is 1. The number of terminal acetylenes is 1. The van der Waals surface area contributed by atoms with Crippen LogP contribution >= 0.6 is 0 Å². The molecule has 0 aromatic carbocycles. The van der Waals surface area contributed by atoms with Crippen molar-refractivity contribution in [1.82, 2.24) is 0 Å². The third-order valence-corrected chi connectivity index (χ3v) is 1.55. The lowest BCUT2D eigenvalue weighted by molar-refractivity contribution is 0.314. The van der Waals surface area contributed by atoms with Crippen molar-refractivity contribution in [2.24, 2.45) is 11.1 Å². The summed E-state index contributed by atoms with van der Waals surface area (Å²) in [6.45, 7) is 4.01. The van der Waals surface area contributed by atoms with Gasteiger partial charge in [0.1, 0.15) is 0 Å². The number of hydrogen-bond acceptors (Lipinski definition) is 2. The van der Waals surface area contributed by atoms with E-state index in [9.17, 15) is 0 Å². The van der Waals surface area contributed by atoms with E-state index in [-0.39, 0.29) is 0 Å². The van der Waals surface area contributed by atoms with Gasteiger partial charge in [0.05, 0.1) is 5.71 Å². The predicted molar refractivity (Wildman–Crippen MR) is 46.7 cm³/mol. The first-order valence-electron chi connectivity index (χ1n) is 3.86. The summed E-state index contributed by atoms with van der Waals surface area (Å²) in [4.78, 5) is 0. The van der Waals surface area contributed by atoms with Gasteiger partial charge in [0.25, 0.3) is 0 Å². The van der Waals surface area contributed by atoms with Crippen molar-refractivity contribution in [3.63, 3.8) is 0 Å². The summed E-state index contributed by atoms with van der Waals surface area (Å²) >= 11 is 0. The maximum Gasteiger partial charge on any atom is 0.0596 e. The molecule has 0 bridgehead atoms. The van der Waals surface area contributed by atoms with E-state index in [1.54, 1.807) is 0 Å². The molecule has 0 radical (unpaired) electrons. The molecule has 2 nitrogen and oxygen atoms in total. The van der Waals surface area contributed by atoms with Crippen LogP contribution in [0.4, 0.5) is 0 Å². The molecule has 0 spiro atoms. The van der Waals surface area contributed by atoms with E-state index in [0.717, 1.165) is 25.0 Å². The topological polar surface area (TPSA) is 32.6 Å². The van der Waals surface area contributed by atoms with Crippen molar-refractivity contribution in [3.05, 3.63) is 0 Å². The van der Waals surface area contributed by atoms with Gasteiger partial charge < -0.3 is 5.21 Å². The number of rotatable bonds is 4. The Morgan fingerprint density at radius 2 is 2.27 bits per heavy atom. The summed E-state index contributed by atoms with van der Waals surface area (Å²) in [5, 5.41) is 11.7. The quantitative estimate of drug-likeness (QED) is 0.217. The number of hydrogen-bond donors (Lipinski definition) is 1. The first-order valence-corrected chi connectivity index (χ1v) is 3.86. The molecule has 0 saturated carbocycles. The normalized spacial score (nSPS) is 11.6. The second kappa shape index (κ2) is 5.79. The lowest BCUT2D eigenvalue weighted by atomic mass is 10.0. The highest BCUT2D eigenvalue weighted by Gasteiger charge is 2.04. The number of unbranched alkanes of at least 4 members (excludes halogenated alkanes) is 1. The molecule has 0 aliphatic rings. The van der Waals surface area contributed by atoms with Gasteiger partial charge in [-0.15, -0.1) is 12.3 Å². The first-order chi connectivity index (χ1) is 5.22. The zero-order valence-corrected chi connectivity index (χ0v) is 7.17. The van der Waals surface area contributed by atoms with Crippen LogP contribution in [0.1, 0.15) is 33.1 Å². The lowest BCUT2D eigenvalue weighted by Crippen LogP contribution is -2.06. The second-order valence-electron chi connectivity index (χ2n) is 2.80. The molecular weight excluding hydrogens is 138 g/mol. The molecule has 0 aliphatic heterocycles. The Balaban J connectivity index is 3.65. The fourth-order valence-corrected chi connectivity index (χ4v) is 0.826. The summed E-state index contributed by atoms with van der Waals surface area (Å²) in [6.07, 6.45) is 7.55. The van der Waals surface area contributed by atoms with E-state index in [4.69, 9.17) is 11.6 Å². The van der Waals surface area contributed by atoms with E-state index in [2.05, 4.69) is 11.1 Å². The summed E-state index contributed by atoms with van der Waals surface area (Å²) in [7, 11) is 0. The molecule has 0 heterocycles. The minimum absolute atomic E-state index is 0.317. The number of oxime groups is 1. The molecule has 11 heavy (non-hydrogen) atoms. The standard InChI is InChI=1S/C9H15NO/c1-4-5-6-7-9(10-11)8(2)3/h1,8,11H,5-7H2,2-3H3. The van der Waals surface area contributed by atoms with E-state index in [1.807, 2.05) is 13.8 Å². The van der Waals surface area contributed by atoms with Gasteiger partial charge in [-0.3, -0.25) is 0 Å². The van der Waals surface area contributed by atoms with Gasteiger partial charge in [-0.2, -0.15) is 0 Å². The molecule has 1 N–H and O–H groups in total. The molecule has 0 atom stereocenters. The highest BCUT2D eigenvalue weighted by Crippen LogP contribution is 2.05. The SMILES string of the molecule is C#CCCCC(=NO)C(C)C. The molecule has 62 valence electrons. The van der Waals surface area contributed by atoms with Crippen LogP contribution in [-0.4, -0.2) is 10.9 Å². The average molecular weight is 153 g/mol. The van der Waals surface area contributed by atoms with Crippen LogP contribution in [0.25, 0.3) is 0 Å². The molecule has 0 aromatic rings. The van der Waals surface area contributed by atoms with Gasteiger partial charge in [-0.1, -0.05) is 19.0 Å². The monoisotopic (exact) mass is 153 g/mol. The van der Waals surface area contributed by atoms with Crippen molar-refractivity contribution in [1.29, 1.82) is 0 Å². The maximum atomic E-state index is 8.53. The van der Waals surface area contributed by atoms with Crippen molar-refractivity contribution in [2.75, 3.05) is 0 Å². The van der Waals surface area contributed by atoms with Crippen molar-refractivity contribution in [3.8, 4) is 12.3 Å². The first kappa shape index (κ1) is 10.0. The summed E-state index contributed by atoms with van der Waals surface area (Å²) < 4.78 is 0. The van der Waals surface area contributed by atoms with E-state index >= 15 is 0 Å². The van der Waals surface area contributed by atoms with Gasteiger partial charge in [0.15, 0.2) is 0 Å². The van der Waals surface area contributed by atoms with Gasteiger partial charge in [-0.25, -0.2) is 0 Å². The van der Waals surface area contributed by atoms with Crippen LogP contribution in [0.3, 0.4) is 0 Å². The summed E-state index contributed by atoms with van der Waals surface area (Å²) in [6, 6.07) is 0. The zero-order chi connectivity index (χ0) is 8.69. The third kappa shape index (κ3) is 4.44. The van der Waals surface area contributed by atoms with Crippen molar-refractivity contribution in [2.45, 2.75) is 33.1 Å². The largest absolute Gasteiger partial charge is 0.411 e. The Labute approximate surface area is 68.3 Å². The van der Waals surface area contributed by atoms with E-state index in [0.29, 0.717) is 5.92 Å². The second-order valence-corrected chi connectivity index (χ2v) is 2.80. The van der Waals surface area contributed by atoms with E-state index < -0.39 is 0 Å². The molecule has 2 heteroatoms. The van der Waals surface area contributed by atoms with Crippen LogP contribution in [0.2, 0.25) is 0 Å². The van der Waals surface area contributed by atoms with Crippen LogP contribution in [0.5, 0.6) is 0 Å². The zero-order valence-electron chi connectivity index (χ0n) is 7.17. The molecule has 0 saturated heterocycles. The molecule has 0 unspecified atom stereocenters. The van der Waals surface area contributed by atoms with Crippen LogP contribution < -0.4 is 0 Å². The van der Waals surface area contributed by atoms with E-state index in [1.165, 1.54) is 0 Å². The van der Waals surface area contributed by atoms with Crippen LogP contribution in [0, 0.1) is 18.3 Å². The van der Waals surface area contributed by atoms with Crippen LogP contribution in [0.15, 0.2) is 5.16 Å². The van der Waals surface area contributed by atoms with Gasteiger partial charge in [0, 0.05) is 6.42 Å². The van der Waals surface area contributed by atoms with Gasteiger partial charge in [-0.05, 0) is 18.8 Å². The molecular formula is C9H15NO. The lowest BCUT2D eigenvalue weighted by Gasteiger charge is -2.05. The maximum absolute atomic E-state index is 8.53. The predicted octanol–water partition coefficient (Wildman–Crippen LogP) is 2.28. The smallest absolute Gasteiger partial charge is 0.0596 e. The minimum atomic E-state index is 0.317. The third-order valence-electron chi connectivity index (χ3n) is 1.55.